The summed E-state index contributed by atoms with van der Waals surface area (Å²) in [5, 5.41) is 8.43. The highest BCUT2D eigenvalue weighted by atomic mass is 15.3. The number of nitrogens with two attached hydrogens (primary N) is 2. The molecule has 30 heavy (non-hydrogen) atoms. The molecule has 6 nitrogen and oxygen atoms in total. The normalized spacial score (nSPS) is 11.7. The van der Waals surface area contributed by atoms with Crippen molar-refractivity contribution < 1.29 is 0 Å². The zero-order valence-corrected chi connectivity index (χ0v) is 18.0. The van der Waals surface area contributed by atoms with E-state index in [1.54, 1.807) is 0 Å². The first-order valence-electron chi connectivity index (χ1n) is 10.8. The van der Waals surface area contributed by atoms with E-state index in [1.165, 1.54) is 5.56 Å². The van der Waals surface area contributed by atoms with Crippen molar-refractivity contribution in [3.05, 3.63) is 71.3 Å². The molecule has 4 N–H and O–H groups in total. The van der Waals surface area contributed by atoms with Gasteiger partial charge in [0.05, 0.1) is 0 Å². The van der Waals surface area contributed by atoms with Crippen LogP contribution in [0.2, 0.25) is 0 Å². The van der Waals surface area contributed by atoms with Gasteiger partial charge in [-0.2, -0.15) is 10.2 Å². The van der Waals surface area contributed by atoms with Crippen LogP contribution in [0, 0.1) is 0 Å². The Labute approximate surface area is 179 Å². The van der Waals surface area contributed by atoms with Crippen molar-refractivity contribution >= 4 is 5.84 Å². The Morgan fingerprint density at radius 1 is 1.00 bits per heavy atom. The van der Waals surface area contributed by atoms with Crippen molar-refractivity contribution in [2.24, 2.45) is 16.7 Å². The van der Waals surface area contributed by atoms with Crippen LogP contribution in [-0.4, -0.2) is 20.6 Å². The molecule has 0 aliphatic heterocycles. The third kappa shape index (κ3) is 5.26. The van der Waals surface area contributed by atoms with Crippen molar-refractivity contribution in [3.8, 4) is 11.1 Å². The maximum Gasteiger partial charge on any atom is 0.155 e. The molecule has 158 valence electrons. The quantitative estimate of drug-likeness (QED) is 0.228. The molecule has 0 atom stereocenters. The summed E-state index contributed by atoms with van der Waals surface area (Å²) in [7, 11) is 0. The summed E-state index contributed by atoms with van der Waals surface area (Å²) in [6, 6.07) is 16.3. The lowest BCUT2D eigenvalue weighted by Crippen LogP contribution is -2.16. The molecule has 0 bridgehead atoms. The number of hydrazone groups is 1. The van der Waals surface area contributed by atoms with Gasteiger partial charge in [0.1, 0.15) is 5.82 Å². The number of rotatable bonds is 10. The van der Waals surface area contributed by atoms with Crippen LogP contribution in [0.5, 0.6) is 0 Å². The summed E-state index contributed by atoms with van der Waals surface area (Å²) in [6.45, 7) is 5.36. The van der Waals surface area contributed by atoms with Crippen LogP contribution in [0.3, 0.4) is 0 Å². The molecule has 0 amide bonds. The molecule has 0 aliphatic carbocycles. The molecular weight excluding hydrogens is 372 g/mol. The van der Waals surface area contributed by atoms with E-state index in [1.807, 2.05) is 24.3 Å². The van der Waals surface area contributed by atoms with Crippen LogP contribution in [-0.2, 0) is 19.4 Å². The first-order chi connectivity index (χ1) is 14.7. The molecule has 1 aromatic heterocycles. The van der Waals surface area contributed by atoms with Crippen molar-refractivity contribution in [1.29, 1.82) is 0 Å². The van der Waals surface area contributed by atoms with Gasteiger partial charge in [-0.3, -0.25) is 0 Å². The Hall–Kier alpha value is -3.15. The van der Waals surface area contributed by atoms with E-state index < -0.39 is 0 Å². The first kappa shape index (κ1) is 21.6. The second kappa shape index (κ2) is 10.6. The topological polar surface area (TPSA) is 95.1 Å². The number of unbranched alkanes of at least 4 members (excludes halogenated alkanes) is 2. The minimum Gasteiger partial charge on any atom is -0.382 e. The molecule has 1 heterocycles. The van der Waals surface area contributed by atoms with Gasteiger partial charge in [-0.05, 0) is 29.5 Å². The van der Waals surface area contributed by atoms with Crippen molar-refractivity contribution in [2.75, 3.05) is 0 Å². The summed E-state index contributed by atoms with van der Waals surface area (Å²) >= 11 is 0. The SMILES string of the molecule is CCCCc1nc(Cc2ccc(-c3ccccc3/C(N)=N/N)cc2)nn1CCCC. The van der Waals surface area contributed by atoms with Gasteiger partial charge in [0.25, 0.3) is 0 Å². The molecule has 6 heteroatoms. The number of hydrogen-bond acceptors (Lipinski definition) is 4. The molecule has 0 saturated carbocycles. The zero-order valence-electron chi connectivity index (χ0n) is 18.0. The van der Waals surface area contributed by atoms with Gasteiger partial charge >= 0.3 is 0 Å². The predicted molar refractivity (Wildman–Crippen MR) is 123 cm³/mol. The fourth-order valence-electron chi connectivity index (χ4n) is 3.52. The summed E-state index contributed by atoms with van der Waals surface area (Å²) in [5.74, 6) is 7.72. The van der Waals surface area contributed by atoms with E-state index >= 15 is 0 Å². The lowest BCUT2D eigenvalue weighted by molar-refractivity contribution is 0.535. The van der Waals surface area contributed by atoms with E-state index in [9.17, 15) is 0 Å². The largest absolute Gasteiger partial charge is 0.382 e. The third-order valence-corrected chi connectivity index (χ3v) is 5.24. The fraction of sp³-hybridized carbons (Fsp3) is 0.375. The highest BCUT2D eigenvalue weighted by Gasteiger charge is 2.11. The van der Waals surface area contributed by atoms with E-state index in [0.29, 0.717) is 5.84 Å². The number of aryl methyl sites for hydroxylation is 2. The minimum absolute atomic E-state index is 0.330. The molecule has 0 radical (unpaired) electrons. The van der Waals surface area contributed by atoms with Gasteiger partial charge in [0.15, 0.2) is 11.7 Å². The first-order valence-corrected chi connectivity index (χ1v) is 10.8. The van der Waals surface area contributed by atoms with E-state index in [0.717, 1.165) is 73.4 Å². The average Bonchev–Trinajstić information content (AvgIpc) is 3.17. The van der Waals surface area contributed by atoms with Crippen LogP contribution in [0.25, 0.3) is 11.1 Å². The van der Waals surface area contributed by atoms with Crippen LogP contribution >= 0.6 is 0 Å². The standard InChI is InChI=1S/C24H32N6/c1-3-5-11-23-27-22(29-30(23)16-6-4-2)17-18-12-14-19(15-13-18)20-9-7-8-10-21(20)24(25)28-26/h7-10,12-15H,3-6,11,16-17,26H2,1-2H3,(H2,25,28). The summed E-state index contributed by atoms with van der Waals surface area (Å²) in [5.41, 5.74) is 10.1. The van der Waals surface area contributed by atoms with Crippen LogP contribution in [0.15, 0.2) is 53.6 Å². The van der Waals surface area contributed by atoms with Crippen LogP contribution in [0.4, 0.5) is 0 Å². The average molecular weight is 405 g/mol. The van der Waals surface area contributed by atoms with E-state index in [2.05, 4.69) is 47.9 Å². The fourth-order valence-corrected chi connectivity index (χ4v) is 3.52. The van der Waals surface area contributed by atoms with E-state index in [-0.39, 0.29) is 0 Å². The Balaban J connectivity index is 1.79. The van der Waals surface area contributed by atoms with Crippen LogP contribution in [0.1, 0.15) is 62.3 Å². The lowest BCUT2D eigenvalue weighted by atomic mass is 9.97. The number of hydrogen-bond donors (Lipinski definition) is 2. The summed E-state index contributed by atoms with van der Waals surface area (Å²) in [6.07, 6.45) is 6.32. The Morgan fingerprint density at radius 2 is 1.73 bits per heavy atom. The Bertz CT molecular complexity index is 946. The Kier molecular flexibility index (Phi) is 7.60. The number of benzene rings is 2. The minimum atomic E-state index is 0.330. The molecule has 3 rings (SSSR count). The molecule has 0 aliphatic rings. The zero-order chi connectivity index (χ0) is 21.3. The maximum absolute atomic E-state index is 5.96. The molecule has 2 aromatic carbocycles. The van der Waals surface area contributed by atoms with Gasteiger partial charge in [-0.1, -0.05) is 75.2 Å². The molecule has 3 aromatic rings. The smallest absolute Gasteiger partial charge is 0.155 e. The van der Waals surface area contributed by atoms with Gasteiger partial charge < -0.3 is 11.6 Å². The molecule has 0 fully saturated rings. The van der Waals surface area contributed by atoms with Crippen molar-refractivity contribution in [1.82, 2.24) is 14.8 Å². The van der Waals surface area contributed by atoms with Crippen molar-refractivity contribution in [3.63, 3.8) is 0 Å². The second-order valence-electron chi connectivity index (χ2n) is 7.56. The van der Waals surface area contributed by atoms with Gasteiger partial charge in [0, 0.05) is 24.9 Å². The van der Waals surface area contributed by atoms with Gasteiger partial charge in [-0.25, -0.2) is 9.67 Å². The molecule has 0 unspecified atom stereocenters. The Morgan fingerprint density at radius 3 is 2.43 bits per heavy atom. The number of amidine groups is 1. The van der Waals surface area contributed by atoms with E-state index in [4.69, 9.17) is 21.7 Å². The molecule has 0 spiro atoms. The summed E-state index contributed by atoms with van der Waals surface area (Å²) in [4.78, 5) is 4.83. The number of nitrogens with zero attached hydrogens (tertiary/aromatic N) is 4. The highest BCUT2D eigenvalue weighted by Crippen LogP contribution is 2.24. The van der Waals surface area contributed by atoms with Crippen molar-refractivity contribution in [2.45, 2.75) is 58.9 Å². The molecule has 0 saturated heterocycles. The van der Waals surface area contributed by atoms with Crippen LogP contribution < -0.4 is 11.6 Å². The second-order valence-corrected chi connectivity index (χ2v) is 7.56. The van der Waals surface area contributed by atoms with Gasteiger partial charge in [-0.15, -0.1) is 0 Å². The lowest BCUT2D eigenvalue weighted by Gasteiger charge is -2.09. The summed E-state index contributed by atoms with van der Waals surface area (Å²) < 4.78 is 2.11. The monoisotopic (exact) mass is 404 g/mol. The predicted octanol–water partition coefficient (Wildman–Crippen LogP) is 4.26. The van der Waals surface area contributed by atoms with Gasteiger partial charge in [0.2, 0.25) is 0 Å². The maximum atomic E-state index is 5.96. The molecular formula is C24H32N6. The number of aromatic nitrogens is 3. The third-order valence-electron chi connectivity index (χ3n) is 5.24. The highest BCUT2D eigenvalue weighted by molar-refractivity contribution is 6.03.